The van der Waals surface area contributed by atoms with Crippen LogP contribution in [0.25, 0.3) is 16.7 Å². The molecule has 0 bridgehead atoms. The Morgan fingerprint density at radius 1 is 1.28 bits per heavy atom. The minimum absolute atomic E-state index is 0.188. The minimum atomic E-state index is -3.42. The molecular weight excluding hydrogens is 320 g/mol. The molecule has 0 aromatic carbocycles. The van der Waals surface area contributed by atoms with Gasteiger partial charge in [0.25, 0.3) is 0 Å². The summed E-state index contributed by atoms with van der Waals surface area (Å²) in [5.74, 6) is 0. The van der Waals surface area contributed by atoms with Crippen molar-refractivity contribution in [2.75, 3.05) is 6.26 Å². The third-order valence-corrected chi connectivity index (χ3v) is 3.91. The van der Waals surface area contributed by atoms with E-state index >= 15 is 0 Å². The van der Waals surface area contributed by atoms with Gasteiger partial charge in [0.05, 0.1) is 4.47 Å². The van der Waals surface area contributed by atoms with Crippen LogP contribution in [0.4, 0.5) is 0 Å². The second-order valence-electron chi connectivity index (χ2n) is 3.82. The Morgan fingerprint density at radius 2 is 2.06 bits per heavy atom. The van der Waals surface area contributed by atoms with E-state index in [4.69, 9.17) is 0 Å². The summed E-state index contributed by atoms with van der Waals surface area (Å²) in [4.78, 5) is 12.1. The fraction of sp³-hybridized carbons (Fsp3) is 0.100. The van der Waals surface area contributed by atoms with Gasteiger partial charge in [-0.05, 0) is 22.0 Å². The van der Waals surface area contributed by atoms with E-state index < -0.39 is 9.84 Å². The van der Waals surface area contributed by atoms with Crippen LogP contribution in [0.15, 0.2) is 34.3 Å². The van der Waals surface area contributed by atoms with Crippen LogP contribution in [0.2, 0.25) is 0 Å². The molecule has 3 aromatic heterocycles. The van der Waals surface area contributed by atoms with Gasteiger partial charge >= 0.3 is 0 Å². The van der Waals surface area contributed by atoms with Gasteiger partial charge in [-0.2, -0.15) is 4.98 Å². The van der Waals surface area contributed by atoms with Crippen molar-refractivity contribution in [2.45, 2.75) is 5.16 Å². The average Bonchev–Trinajstić information content (AvgIpc) is 2.77. The molecule has 18 heavy (non-hydrogen) atoms. The summed E-state index contributed by atoms with van der Waals surface area (Å²) in [5.41, 5.74) is 1.20. The van der Waals surface area contributed by atoms with E-state index in [0.717, 1.165) is 16.1 Å². The van der Waals surface area contributed by atoms with Crippen LogP contribution in [-0.4, -0.2) is 34.0 Å². The Bertz CT molecular complexity index is 872. The first-order valence-corrected chi connectivity index (χ1v) is 7.63. The summed E-state index contributed by atoms with van der Waals surface area (Å²) in [6.07, 6.45) is 5.92. The first kappa shape index (κ1) is 11.5. The molecule has 0 radical (unpaired) electrons. The highest BCUT2D eigenvalue weighted by Gasteiger charge is 2.14. The molecule has 3 aromatic rings. The van der Waals surface area contributed by atoms with Gasteiger partial charge in [-0.25, -0.2) is 18.4 Å². The molecule has 3 rings (SSSR count). The van der Waals surface area contributed by atoms with Crippen LogP contribution in [0.5, 0.6) is 0 Å². The maximum Gasteiger partial charge on any atom is 0.248 e. The Morgan fingerprint density at radius 3 is 2.78 bits per heavy atom. The number of hydrogen-bond acceptors (Lipinski definition) is 5. The first-order chi connectivity index (χ1) is 8.47. The van der Waals surface area contributed by atoms with Crippen LogP contribution < -0.4 is 0 Å². The lowest BCUT2D eigenvalue weighted by Crippen LogP contribution is -2.05. The highest BCUT2D eigenvalue weighted by Crippen LogP contribution is 2.23. The number of fused-ring (bicyclic) bond motifs is 3. The molecule has 0 aliphatic rings. The van der Waals surface area contributed by atoms with Gasteiger partial charge in [-0.1, -0.05) is 0 Å². The monoisotopic (exact) mass is 326 g/mol. The van der Waals surface area contributed by atoms with Crippen molar-refractivity contribution in [2.24, 2.45) is 0 Å². The predicted octanol–water partition coefficient (Wildman–Crippen LogP) is 1.44. The molecule has 0 spiro atoms. The Balaban J connectivity index is 2.50. The van der Waals surface area contributed by atoms with E-state index in [1.54, 1.807) is 16.8 Å². The van der Waals surface area contributed by atoms with Gasteiger partial charge in [0, 0.05) is 30.2 Å². The number of halogens is 1. The second kappa shape index (κ2) is 3.72. The molecule has 8 heteroatoms. The lowest BCUT2D eigenvalue weighted by Gasteiger charge is -2.04. The lowest BCUT2D eigenvalue weighted by atomic mass is 10.3. The predicted molar refractivity (Wildman–Crippen MR) is 69.1 cm³/mol. The number of rotatable bonds is 1. The zero-order valence-electron chi connectivity index (χ0n) is 9.20. The van der Waals surface area contributed by atoms with Gasteiger partial charge in [0.1, 0.15) is 0 Å². The van der Waals surface area contributed by atoms with Crippen LogP contribution in [0, 0.1) is 0 Å². The SMILES string of the molecule is CS(=O)(=O)c1ncc2cc(Br)c3nccn3c2n1. The van der Waals surface area contributed by atoms with Gasteiger partial charge in [-0.3, -0.25) is 4.40 Å². The summed E-state index contributed by atoms with van der Waals surface area (Å²) in [6, 6.07) is 1.81. The molecular formula is C10H7BrN4O2S. The van der Waals surface area contributed by atoms with Gasteiger partial charge in [0.15, 0.2) is 11.3 Å². The van der Waals surface area contributed by atoms with E-state index in [-0.39, 0.29) is 5.16 Å². The Kier molecular flexibility index (Phi) is 2.39. The van der Waals surface area contributed by atoms with Crippen LogP contribution in [0.1, 0.15) is 0 Å². The van der Waals surface area contributed by atoms with Crippen molar-refractivity contribution in [3.05, 3.63) is 29.1 Å². The third kappa shape index (κ3) is 1.68. The van der Waals surface area contributed by atoms with Crippen LogP contribution in [-0.2, 0) is 9.84 Å². The number of aromatic nitrogens is 4. The van der Waals surface area contributed by atoms with E-state index in [2.05, 4.69) is 30.9 Å². The summed E-state index contributed by atoms with van der Waals surface area (Å²) < 4.78 is 25.4. The second-order valence-corrected chi connectivity index (χ2v) is 6.58. The zero-order chi connectivity index (χ0) is 12.9. The van der Waals surface area contributed by atoms with Crippen molar-refractivity contribution in [1.82, 2.24) is 19.4 Å². The summed E-state index contributed by atoms with van der Waals surface area (Å²) in [6.45, 7) is 0. The number of sulfone groups is 1. The number of pyridine rings is 1. The highest BCUT2D eigenvalue weighted by atomic mass is 79.9. The molecule has 0 aliphatic heterocycles. The van der Waals surface area contributed by atoms with Gasteiger partial charge < -0.3 is 0 Å². The maximum atomic E-state index is 11.5. The molecule has 92 valence electrons. The Hall–Kier alpha value is -1.54. The standard InChI is InChI=1S/C10H7BrN4O2S/c1-18(16,17)10-13-5-6-4-7(11)9-12-2-3-15(9)8(6)14-10/h2-5H,1H3. The van der Waals surface area contributed by atoms with Crippen molar-refractivity contribution < 1.29 is 8.42 Å². The van der Waals surface area contributed by atoms with Gasteiger partial charge in [-0.15, -0.1) is 0 Å². The van der Waals surface area contributed by atoms with E-state index in [0.29, 0.717) is 11.3 Å². The molecule has 0 fully saturated rings. The molecule has 0 atom stereocenters. The fourth-order valence-electron chi connectivity index (χ4n) is 1.69. The zero-order valence-corrected chi connectivity index (χ0v) is 11.6. The molecule has 0 N–H and O–H groups in total. The first-order valence-electron chi connectivity index (χ1n) is 4.95. The molecule has 0 aliphatic carbocycles. The topological polar surface area (TPSA) is 77.2 Å². The quantitative estimate of drug-likeness (QED) is 0.632. The van der Waals surface area contributed by atoms with Crippen molar-refractivity contribution >= 4 is 42.4 Å². The highest BCUT2D eigenvalue weighted by molar-refractivity contribution is 9.10. The normalized spacial score (nSPS) is 12.3. The third-order valence-electron chi connectivity index (χ3n) is 2.47. The van der Waals surface area contributed by atoms with E-state index in [1.165, 1.54) is 6.20 Å². The van der Waals surface area contributed by atoms with E-state index in [9.17, 15) is 8.42 Å². The van der Waals surface area contributed by atoms with Crippen molar-refractivity contribution in [1.29, 1.82) is 0 Å². The summed E-state index contributed by atoms with van der Waals surface area (Å²) >= 11 is 3.40. The summed E-state index contributed by atoms with van der Waals surface area (Å²) in [7, 11) is -3.42. The fourth-order valence-corrected chi connectivity index (χ4v) is 2.73. The minimum Gasteiger partial charge on any atom is -0.283 e. The van der Waals surface area contributed by atoms with Gasteiger partial charge in [0.2, 0.25) is 15.0 Å². The summed E-state index contributed by atoms with van der Waals surface area (Å²) in [5, 5.41) is 0.548. The molecule has 6 nitrogen and oxygen atoms in total. The molecule has 3 heterocycles. The average molecular weight is 327 g/mol. The van der Waals surface area contributed by atoms with Crippen LogP contribution in [0.3, 0.4) is 0 Å². The smallest absolute Gasteiger partial charge is 0.248 e. The number of imidazole rings is 1. The largest absolute Gasteiger partial charge is 0.283 e. The van der Waals surface area contributed by atoms with Crippen LogP contribution >= 0.6 is 15.9 Å². The maximum absolute atomic E-state index is 11.5. The molecule has 0 unspecified atom stereocenters. The molecule has 0 saturated carbocycles. The lowest BCUT2D eigenvalue weighted by molar-refractivity contribution is 0.593. The number of nitrogens with zero attached hydrogens (tertiary/aromatic N) is 4. The van der Waals surface area contributed by atoms with E-state index in [1.807, 2.05) is 6.07 Å². The van der Waals surface area contributed by atoms with Crippen molar-refractivity contribution in [3.8, 4) is 0 Å². The molecule has 0 saturated heterocycles. The number of hydrogen-bond donors (Lipinski definition) is 0. The Labute approximate surface area is 111 Å². The molecule has 0 amide bonds. The van der Waals surface area contributed by atoms with Crippen molar-refractivity contribution in [3.63, 3.8) is 0 Å².